The minimum Gasteiger partial charge on any atom is -0.330 e. The molecule has 1 unspecified atom stereocenters. The first-order valence-corrected chi connectivity index (χ1v) is 5.66. The van der Waals surface area contributed by atoms with Crippen LogP contribution in [-0.4, -0.2) is 31.1 Å². The van der Waals surface area contributed by atoms with Gasteiger partial charge in [0.25, 0.3) is 0 Å². The van der Waals surface area contributed by atoms with E-state index in [9.17, 15) is 0 Å². The van der Waals surface area contributed by atoms with E-state index in [-0.39, 0.29) is 0 Å². The Morgan fingerprint density at radius 1 is 1.23 bits per heavy atom. The average molecular weight is 186 g/mol. The molecule has 2 nitrogen and oxygen atoms in total. The molecule has 0 aromatic heterocycles. The lowest BCUT2D eigenvalue weighted by Gasteiger charge is -2.26. The highest BCUT2D eigenvalue weighted by Gasteiger charge is 2.10. The average Bonchev–Trinajstić information content (AvgIpc) is 2.14. The molecule has 0 spiro atoms. The van der Waals surface area contributed by atoms with Crippen molar-refractivity contribution in [3.05, 3.63) is 0 Å². The molecule has 0 aromatic rings. The van der Waals surface area contributed by atoms with Crippen molar-refractivity contribution >= 4 is 0 Å². The Labute approximate surface area is 83.5 Å². The van der Waals surface area contributed by atoms with Crippen molar-refractivity contribution in [3.63, 3.8) is 0 Å². The smallest absolute Gasteiger partial charge is 0.0102 e. The Hall–Kier alpha value is -0.0800. The number of hydrogen-bond donors (Lipinski definition) is 1. The van der Waals surface area contributed by atoms with E-state index in [1.54, 1.807) is 0 Å². The second-order valence-electron chi connectivity index (χ2n) is 3.83. The molecule has 0 aliphatic heterocycles. The molecule has 0 fully saturated rings. The van der Waals surface area contributed by atoms with Crippen LogP contribution in [0.3, 0.4) is 0 Å². The zero-order chi connectivity index (χ0) is 10.1. The summed E-state index contributed by atoms with van der Waals surface area (Å²) in [5.41, 5.74) is 5.57. The molecule has 0 rings (SSSR count). The van der Waals surface area contributed by atoms with E-state index in [0.717, 1.165) is 13.0 Å². The molecule has 0 aromatic carbocycles. The van der Waals surface area contributed by atoms with Crippen LogP contribution in [0.25, 0.3) is 0 Å². The molecule has 2 heteroatoms. The molecule has 2 N–H and O–H groups in total. The van der Waals surface area contributed by atoms with E-state index >= 15 is 0 Å². The standard InChI is InChI=1S/C11H26N2/c1-4-6-7-10-13(3)11(5-2)8-9-12/h11H,4-10,12H2,1-3H3. The van der Waals surface area contributed by atoms with E-state index in [2.05, 4.69) is 25.8 Å². The summed E-state index contributed by atoms with van der Waals surface area (Å²) >= 11 is 0. The molecule has 0 heterocycles. The van der Waals surface area contributed by atoms with Crippen LogP contribution in [0, 0.1) is 0 Å². The summed E-state index contributed by atoms with van der Waals surface area (Å²) in [6, 6.07) is 0.696. The Morgan fingerprint density at radius 2 is 1.92 bits per heavy atom. The molecular weight excluding hydrogens is 160 g/mol. The fourth-order valence-electron chi connectivity index (χ4n) is 1.72. The van der Waals surface area contributed by atoms with E-state index in [1.807, 2.05) is 0 Å². The highest BCUT2D eigenvalue weighted by Crippen LogP contribution is 2.07. The van der Waals surface area contributed by atoms with E-state index in [4.69, 9.17) is 5.73 Å². The molecule has 0 saturated heterocycles. The molecule has 0 radical (unpaired) electrons. The van der Waals surface area contributed by atoms with Gasteiger partial charge in [-0.05, 0) is 39.4 Å². The van der Waals surface area contributed by atoms with Crippen molar-refractivity contribution in [3.8, 4) is 0 Å². The highest BCUT2D eigenvalue weighted by atomic mass is 15.1. The van der Waals surface area contributed by atoms with Gasteiger partial charge in [0.2, 0.25) is 0 Å². The van der Waals surface area contributed by atoms with Crippen LogP contribution in [-0.2, 0) is 0 Å². The molecule has 0 bridgehead atoms. The molecule has 0 aliphatic rings. The quantitative estimate of drug-likeness (QED) is 0.589. The predicted octanol–water partition coefficient (Wildman–Crippen LogP) is 2.24. The lowest BCUT2D eigenvalue weighted by Crippen LogP contribution is -2.33. The van der Waals surface area contributed by atoms with Gasteiger partial charge in [-0.2, -0.15) is 0 Å². The molecule has 13 heavy (non-hydrogen) atoms. The lowest BCUT2D eigenvalue weighted by atomic mass is 10.1. The summed E-state index contributed by atoms with van der Waals surface area (Å²) in [6.45, 7) is 6.54. The SMILES string of the molecule is CCCCCN(C)C(CC)CCN. The maximum absolute atomic E-state index is 5.57. The summed E-state index contributed by atoms with van der Waals surface area (Å²) in [4.78, 5) is 2.46. The van der Waals surface area contributed by atoms with Gasteiger partial charge in [0.1, 0.15) is 0 Å². The van der Waals surface area contributed by atoms with Gasteiger partial charge < -0.3 is 10.6 Å². The number of nitrogens with two attached hydrogens (primary N) is 1. The van der Waals surface area contributed by atoms with Crippen molar-refractivity contribution in [1.82, 2.24) is 4.90 Å². The second kappa shape index (κ2) is 8.52. The molecule has 1 atom stereocenters. The third-order valence-corrected chi connectivity index (χ3v) is 2.71. The van der Waals surface area contributed by atoms with Crippen LogP contribution in [0.1, 0.15) is 46.0 Å². The number of hydrogen-bond acceptors (Lipinski definition) is 2. The van der Waals surface area contributed by atoms with Crippen molar-refractivity contribution in [2.75, 3.05) is 20.1 Å². The summed E-state index contributed by atoms with van der Waals surface area (Å²) in [6.07, 6.45) is 6.35. The van der Waals surface area contributed by atoms with Crippen molar-refractivity contribution in [2.45, 2.75) is 52.0 Å². The largest absolute Gasteiger partial charge is 0.330 e. The highest BCUT2D eigenvalue weighted by molar-refractivity contribution is 4.67. The topological polar surface area (TPSA) is 29.3 Å². The maximum atomic E-state index is 5.57. The zero-order valence-corrected chi connectivity index (χ0v) is 9.55. The van der Waals surface area contributed by atoms with Gasteiger partial charge in [-0.1, -0.05) is 26.7 Å². The Balaban J connectivity index is 3.57. The summed E-state index contributed by atoms with van der Waals surface area (Å²) in [7, 11) is 2.22. The van der Waals surface area contributed by atoms with Crippen LogP contribution < -0.4 is 5.73 Å². The van der Waals surface area contributed by atoms with E-state index in [0.29, 0.717) is 6.04 Å². The summed E-state index contributed by atoms with van der Waals surface area (Å²) < 4.78 is 0. The van der Waals surface area contributed by atoms with Crippen LogP contribution in [0.5, 0.6) is 0 Å². The Bertz CT molecular complexity index is 104. The fraction of sp³-hybridized carbons (Fsp3) is 1.00. The first-order chi connectivity index (χ1) is 6.26. The fourth-order valence-corrected chi connectivity index (χ4v) is 1.72. The van der Waals surface area contributed by atoms with Gasteiger partial charge >= 0.3 is 0 Å². The van der Waals surface area contributed by atoms with Gasteiger partial charge in [0.05, 0.1) is 0 Å². The van der Waals surface area contributed by atoms with Crippen LogP contribution >= 0.6 is 0 Å². The molecule has 0 saturated carbocycles. The van der Waals surface area contributed by atoms with Gasteiger partial charge in [-0.15, -0.1) is 0 Å². The Kier molecular flexibility index (Phi) is 8.46. The number of nitrogens with zero attached hydrogens (tertiary/aromatic N) is 1. The Morgan fingerprint density at radius 3 is 2.38 bits per heavy atom. The summed E-state index contributed by atoms with van der Waals surface area (Å²) in [5.74, 6) is 0. The normalized spacial score (nSPS) is 13.6. The van der Waals surface area contributed by atoms with Crippen LogP contribution in [0.2, 0.25) is 0 Å². The van der Waals surface area contributed by atoms with Crippen molar-refractivity contribution in [2.24, 2.45) is 5.73 Å². The van der Waals surface area contributed by atoms with Gasteiger partial charge in [-0.3, -0.25) is 0 Å². The van der Waals surface area contributed by atoms with Gasteiger partial charge in [0.15, 0.2) is 0 Å². The minimum atomic E-state index is 0.696. The minimum absolute atomic E-state index is 0.696. The van der Waals surface area contributed by atoms with Crippen molar-refractivity contribution in [1.29, 1.82) is 0 Å². The lowest BCUT2D eigenvalue weighted by molar-refractivity contribution is 0.222. The number of rotatable bonds is 8. The second-order valence-corrected chi connectivity index (χ2v) is 3.83. The monoisotopic (exact) mass is 186 g/mol. The molecular formula is C11H26N2. The number of unbranched alkanes of at least 4 members (excludes halogenated alkanes) is 2. The van der Waals surface area contributed by atoms with Gasteiger partial charge in [-0.25, -0.2) is 0 Å². The predicted molar refractivity (Wildman–Crippen MR) is 59.9 cm³/mol. The molecule has 0 aliphatic carbocycles. The van der Waals surface area contributed by atoms with Crippen LogP contribution in [0.4, 0.5) is 0 Å². The first kappa shape index (κ1) is 12.9. The molecule has 80 valence electrons. The third-order valence-electron chi connectivity index (χ3n) is 2.71. The van der Waals surface area contributed by atoms with E-state index in [1.165, 1.54) is 32.2 Å². The first-order valence-electron chi connectivity index (χ1n) is 5.66. The van der Waals surface area contributed by atoms with Gasteiger partial charge in [0, 0.05) is 6.04 Å². The third kappa shape index (κ3) is 6.05. The molecule has 0 amide bonds. The maximum Gasteiger partial charge on any atom is 0.0102 e. The zero-order valence-electron chi connectivity index (χ0n) is 9.55. The van der Waals surface area contributed by atoms with Crippen LogP contribution in [0.15, 0.2) is 0 Å². The summed E-state index contributed by atoms with van der Waals surface area (Å²) in [5, 5.41) is 0. The van der Waals surface area contributed by atoms with E-state index < -0.39 is 0 Å². The van der Waals surface area contributed by atoms with Crippen molar-refractivity contribution < 1.29 is 0 Å².